The van der Waals surface area contributed by atoms with Crippen LogP contribution < -0.4 is 9.64 Å². The van der Waals surface area contributed by atoms with Crippen molar-refractivity contribution in [2.45, 2.75) is 70.1 Å². The van der Waals surface area contributed by atoms with Crippen molar-refractivity contribution in [3.05, 3.63) is 35.4 Å². The van der Waals surface area contributed by atoms with E-state index in [0.29, 0.717) is 31.9 Å². The molecule has 180 valence electrons. The number of piperazine rings is 1. The van der Waals surface area contributed by atoms with Crippen molar-refractivity contribution in [3.63, 3.8) is 0 Å². The number of rotatable bonds is 7. The zero-order valence-corrected chi connectivity index (χ0v) is 19.5. The third-order valence-corrected chi connectivity index (χ3v) is 7.61. The van der Waals surface area contributed by atoms with Crippen molar-refractivity contribution in [2.75, 3.05) is 37.6 Å². The summed E-state index contributed by atoms with van der Waals surface area (Å²) in [4.78, 5) is 4.89. The Balaban J connectivity index is 1.13. The van der Waals surface area contributed by atoms with Crippen molar-refractivity contribution in [1.29, 1.82) is 0 Å². The fraction of sp³-hybridized carbons (Fsp3) is 0.615. The summed E-state index contributed by atoms with van der Waals surface area (Å²) in [6.07, 6.45) is 7.36. The Morgan fingerprint density at radius 1 is 0.879 bits per heavy atom. The van der Waals surface area contributed by atoms with E-state index in [9.17, 15) is 15.3 Å². The molecule has 1 unspecified atom stereocenters. The van der Waals surface area contributed by atoms with Crippen molar-refractivity contribution >= 4 is 5.69 Å². The summed E-state index contributed by atoms with van der Waals surface area (Å²) >= 11 is 0. The lowest BCUT2D eigenvalue weighted by molar-refractivity contribution is 0.157. The quantitative estimate of drug-likeness (QED) is 0.595. The topological polar surface area (TPSA) is 81.3 Å². The number of aliphatic hydroxyl groups is 1. The molecule has 7 nitrogen and oxygen atoms in total. The highest BCUT2D eigenvalue weighted by molar-refractivity contribution is 5.58. The molecule has 0 bridgehead atoms. The number of para-hydroxylation sites is 2. The number of benzene rings is 1. The van der Waals surface area contributed by atoms with Gasteiger partial charge in [0.25, 0.3) is 0 Å². The van der Waals surface area contributed by atoms with Gasteiger partial charge in [0.05, 0.1) is 17.9 Å². The van der Waals surface area contributed by atoms with Crippen LogP contribution in [-0.2, 0) is 19.4 Å². The van der Waals surface area contributed by atoms with E-state index in [0.717, 1.165) is 68.9 Å². The Morgan fingerprint density at radius 3 is 2.39 bits per heavy atom. The van der Waals surface area contributed by atoms with E-state index in [1.807, 2.05) is 0 Å². The van der Waals surface area contributed by atoms with Crippen LogP contribution in [0.25, 0.3) is 0 Å². The number of aromatic hydroxyl groups is 2. The number of ether oxygens (including phenoxy) is 1. The van der Waals surface area contributed by atoms with Crippen LogP contribution in [0.3, 0.4) is 0 Å². The Hall–Kier alpha value is -2.38. The first-order valence-corrected chi connectivity index (χ1v) is 12.6. The Kier molecular flexibility index (Phi) is 6.69. The molecule has 1 aromatic heterocycles. The number of aromatic nitrogens is 1. The SMILES string of the molecule is Oc1c2c(c(O)n1CCCN1CCN(c3ccccc3OC3CCCC3)CC1)CC(O)CC2. The third kappa shape index (κ3) is 4.80. The normalized spacial score (nSPS) is 22.0. The van der Waals surface area contributed by atoms with Gasteiger partial charge in [-0.05, 0) is 63.6 Å². The first kappa shape index (κ1) is 22.4. The zero-order valence-electron chi connectivity index (χ0n) is 19.5. The summed E-state index contributed by atoms with van der Waals surface area (Å²) in [6, 6.07) is 8.44. The van der Waals surface area contributed by atoms with Gasteiger partial charge < -0.3 is 25.0 Å². The molecule has 33 heavy (non-hydrogen) atoms. The molecule has 2 fully saturated rings. The molecule has 5 rings (SSSR count). The van der Waals surface area contributed by atoms with Gasteiger partial charge in [-0.2, -0.15) is 0 Å². The van der Waals surface area contributed by atoms with Crippen LogP contribution in [0.5, 0.6) is 17.5 Å². The molecule has 1 saturated heterocycles. The molecule has 7 heteroatoms. The van der Waals surface area contributed by atoms with Crippen LogP contribution in [0.1, 0.15) is 49.7 Å². The maximum absolute atomic E-state index is 10.6. The predicted molar refractivity (Wildman–Crippen MR) is 128 cm³/mol. The van der Waals surface area contributed by atoms with E-state index in [1.54, 1.807) is 4.57 Å². The van der Waals surface area contributed by atoms with Crippen LogP contribution in [0.15, 0.2) is 24.3 Å². The van der Waals surface area contributed by atoms with Crippen molar-refractivity contribution in [1.82, 2.24) is 9.47 Å². The molecular formula is C26H37N3O4. The largest absolute Gasteiger partial charge is 0.494 e. The number of hydrogen-bond acceptors (Lipinski definition) is 6. The minimum atomic E-state index is -0.427. The van der Waals surface area contributed by atoms with Gasteiger partial charge in [0.2, 0.25) is 0 Å². The second kappa shape index (κ2) is 9.85. The molecule has 0 amide bonds. The smallest absolute Gasteiger partial charge is 0.197 e. The average molecular weight is 456 g/mol. The molecule has 3 aliphatic rings. The van der Waals surface area contributed by atoms with E-state index >= 15 is 0 Å². The standard InChI is InChI=1S/C26H37N3O4/c30-19-10-11-21-22(18-19)26(32)29(25(21)31)13-5-12-27-14-16-28(17-15-27)23-8-3-4-9-24(23)33-20-6-1-2-7-20/h3-4,8-9,19-20,30-32H,1-2,5-7,10-18H2. The molecule has 1 aliphatic heterocycles. The highest BCUT2D eigenvalue weighted by Gasteiger charge is 2.28. The lowest BCUT2D eigenvalue weighted by Gasteiger charge is -2.37. The molecule has 0 spiro atoms. The molecule has 2 aliphatic carbocycles. The summed E-state index contributed by atoms with van der Waals surface area (Å²) in [5.41, 5.74) is 2.74. The molecule has 3 N–H and O–H groups in total. The number of fused-ring (bicyclic) bond motifs is 1. The summed E-state index contributed by atoms with van der Waals surface area (Å²) < 4.78 is 7.96. The third-order valence-electron chi connectivity index (χ3n) is 7.61. The van der Waals surface area contributed by atoms with E-state index in [4.69, 9.17) is 4.74 Å². The maximum atomic E-state index is 10.6. The summed E-state index contributed by atoms with van der Waals surface area (Å²) in [5, 5.41) is 31.0. The highest BCUT2D eigenvalue weighted by Crippen LogP contribution is 2.39. The molecular weight excluding hydrogens is 418 g/mol. The van der Waals surface area contributed by atoms with Gasteiger partial charge in [-0.15, -0.1) is 0 Å². The Labute approximate surface area is 196 Å². The predicted octanol–water partition coefficient (Wildman–Crippen LogP) is 3.28. The maximum Gasteiger partial charge on any atom is 0.197 e. The van der Waals surface area contributed by atoms with Gasteiger partial charge >= 0.3 is 0 Å². The summed E-state index contributed by atoms with van der Waals surface area (Å²) in [7, 11) is 0. The van der Waals surface area contributed by atoms with Crippen molar-refractivity contribution in [2.24, 2.45) is 0 Å². The molecule has 2 aromatic rings. The number of nitrogens with zero attached hydrogens (tertiary/aromatic N) is 3. The fourth-order valence-corrected chi connectivity index (χ4v) is 5.70. The Morgan fingerprint density at radius 2 is 1.61 bits per heavy atom. The van der Waals surface area contributed by atoms with Crippen LogP contribution in [0, 0.1) is 0 Å². The highest BCUT2D eigenvalue weighted by atomic mass is 16.5. The molecule has 1 atom stereocenters. The van der Waals surface area contributed by atoms with Crippen LogP contribution in [0.2, 0.25) is 0 Å². The second-order valence-corrected chi connectivity index (χ2v) is 9.83. The van der Waals surface area contributed by atoms with E-state index in [2.05, 4.69) is 34.1 Å². The summed E-state index contributed by atoms with van der Waals surface area (Å²) in [5.74, 6) is 1.33. The van der Waals surface area contributed by atoms with Gasteiger partial charge in [0.15, 0.2) is 11.8 Å². The van der Waals surface area contributed by atoms with Gasteiger partial charge in [-0.1, -0.05) is 12.1 Å². The lowest BCUT2D eigenvalue weighted by atomic mass is 9.93. The molecule has 1 saturated carbocycles. The number of anilines is 1. The van der Waals surface area contributed by atoms with Gasteiger partial charge in [0, 0.05) is 50.3 Å². The molecule has 0 radical (unpaired) electrons. The van der Waals surface area contributed by atoms with E-state index in [-0.39, 0.29) is 11.8 Å². The molecule has 1 aromatic carbocycles. The monoisotopic (exact) mass is 455 g/mol. The van der Waals surface area contributed by atoms with E-state index < -0.39 is 6.10 Å². The van der Waals surface area contributed by atoms with Gasteiger partial charge in [-0.25, -0.2) is 0 Å². The Bertz CT molecular complexity index is 945. The first-order chi connectivity index (χ1) is 16.1. The van der Waals surface area contributed by atoms with Crippen LogP contribution in [-0.4, -0.2) is 69.7 Å². The molecule has 2 heterocycles. The van der Waals surface area contributed by atoms with Crippen LogP contribution >= 0.6 is 0 Å². The fourth-order valence-electron chi connectivity index (χ4n) is 5.70. The summed E-state index contributed by atoms with van der Waals surface area (Å²) in [6.45, 7) is 5.43. The van der Waals surface area contributed by atoms with Crippen molar-refractivity contribution in [3.8, 4) is 17.5 Å². The zero-order chi connectivity index (χ0) is 22.8. The lowest BCUT2D eigenvalue weighted by Crippen LogP contribution is -2.46. The minimum Gasteiger partial charge on any atom is -0.494 e. The van der Waals surface area contributed by atoms with Crippen LogP contribution in [0.4, 0.5) is 5.69 Å². The first-order valence-electron chi connectivity index (χ1n) is 12.6. The van der Waals surface area contributed by atoms with Gasteiger partial charge in [0.1, 0.15) is 5.75 Å². The van der Waals surface area contributed by atoms with Crippen molar-refractivity contribution < 1.29 is 20.1 Å². The number of hydrogen-bond donors (Lipinski definition) is 3. The minimum absolute atomic E-state index is 0.130. The average Bonchev–Trinajstić information content (AvgIpc) is 3.42. The second-order valence-electron chi connectivity index (χ2n) is 9.83. The van der Waals surface area contributed by atoms with E-state index in [1.165, 1.54) is 18.5 Å². The van der Waals surface area contributed by atoms with Gasteiger partial charge in [-0.3, -0.25) is 9.47 Å². The number of aliphatic hydroxyl groups excluding tert-OH is 1.